The summed E-state index contributed by atoms with van der Waals surface area (Å²) in [5.74, 6) is 0.203. The molecule has 0 spiro atoms. The largest absolute Gasteiger partial charge is 0.350 e. The molecule has 10 heteroatoms. The van der Waals surface area contributed by atoms with E-state index in [1.807, 2.05) is 57.3 Å². The maximum Gasteiger partial charge on any atom is 0.317 e. The first-order valence-corrected chi connectivity index (χ1v) is 13.4. The molecule has 1 fully saturated rings. The topological polar surface area (TPSA) is 87.5 Å². The third-order valence-electron chi connectivity index (χ3n) is 6.61. The normalized spacial score (nSPS) is 15.5. The van der Waals surface area contributed by atoms with Crippen LogP contribution in [0.3, 0.4) is 0 Å². The van der Waals surface area contributed by atoms with Gasteiger partial charge in [-0.3, -0.25) is 4.40 Å². The molecule has 0 unspecified atom stereocenters. The average Bonchev–Trinajstić information content (AvgIpc) is 3.55. The van der Waals surface area contributed by atoms with Gasteiger partial charge in [-0.25, -0.2) is 24.1 Å². The van der Waals surface area contributed by atoms with Crippen molar-refractivity contribution in [3.8, 4) is 22.6 Å². The monoisotopic (exact) mass is 527 g/mol. The zero-order valence-electron chi connectivity index (χ0n) is 20.5. The van der Waals surface area contributed by atoms with Crippen LogP contribution in [0.1, 0.15) is 18.4 Å². The number of carbonyl (C=O) groups is 1. The Morgan fingerprint density at radius 3 is 2.76 bits per heavy atom. The van der Waals surface area contributed by atoms with E-state index in [1.165, 1.54) is 23.5 Å². The first kappa shape index (κ1) is 24.1. The Bertz CT molecular complexity index is 1550. The van der Waals surface area contributed by atoms with E-state index in [2.05, 4.69) is 15.6 Å². The number of halogens is 1. The van der Waals surface area contributed by atoms with Gasteiger partial charge in [0.15, 0.2) is 4.96 Å². The number of aromatic nitrogens is 4. The van der Waals surface area contributed by atoms with Gasteiger partial charge in [-0.05, 0) is 48.7 Å². The summed E-state index contributed by atoms with van der Waals surface area (Å²) in [7, 11) is 0. The summed E-state index contributed by atoms with van der Waals surface area (Å²) >= 11 is 1.53. The van der Waals surface area contributed by atoms with Gasteiger partial charge in [0.2, 0.25) is 5.95 Å². The van der Waals surface area contributed by atoms with Gasteiger partial charge >= 0.3 is 6.03 Å². The molecule has 5 aromatic rings. The van der Waals surface area contributed by atoms with Gasteiger partial charge in [-0.2, -0.15) is 0 Å². The Kier molecular flexibility index (Phi) is 6.70. The molecule has 1 atom stereocenters. The molecule has 8 nitrogen and oxygen atoms in total. The first-order valence-electron chi connectivity index (χ1n) is 12.5. The molecule has 3 aromatic heterocycles. The van der Waals surface area contributed by atoms with Crippen LogP contribution < -0.4 is 10.6 Å². The standard InChI is InChI=1S/C28H26FN7OS/c29-21-10-8-20(9-11-21)24-25(36-15-16-38-28(36)34-24)23-12-13-30-26(33-23)32-22-7-4-14-35(18-22)27(37)31-17-19-5-2-1-3-6-19/h1-3,5-6,8-13,15-16,22H,4,7,14,17-18H2,(H,31,37)(H,30,32,33)/t22-/m1/s1. The molecular weight excluding hydrogens is 501 g/mol. The van der Waals surface area contributed by atoms with Crippen LogP contribution in [0, 0.1) is 5.82 Å². The lowest BCUT2D eigenvalue weighted by Gasteiger charge is -2.33. The van der Waals surface area contributed by atoms with E-state index < -0.39 is 0 Å². The molecule has 2 N–H and O–H groups in total. The number of hydrogen-bond acceptors (Lipinski definition) is 6. The fourth-order valence-corrected chi connectivity index (χ4v) is 5.46. The van der Waals surface area contributed by atoms with Crippen LogP contribution in [0.15, 0.2) is 78.4 Å². The molecule has 4 heterocycles. The summed E-state index contributed by atoms with van der Waals surface area (Å²) in [4.78, 5) is 29.5. The van der Waals surface area contributed by atoms with E-state index in [1.54, 1.807) is 18.3 Å². The summed E-state index contributed by atoms with van der Waals surface area (Å²) in [5.41, 5.74) is 4.15. The van der Waals surface area contributed by atoms with Gasteiger partial charge in [0, 0.05) is 49.0 Å². The predicted molar refractivity (Wildman–Crippen MR) is 146 cm³/mol. The highest BCUT2D eigenvalue weighted by molar-refractivity contribution is 7.15. The zero-order chi connectivity index (χ0) is 25.9. The molecule has 0 bridgehead atoms. The van der Waals surface area contributed by atoms with Crippen molar-refractivity contribution in [2.75, 3.05) is 18.4 Å². The maximum absolute atomic E-state index is 13.6. The van der Waals surface area contributed by atoms with Crippen LogP contribution in [0.5, 0.6) is 0 Å². The number of imidazole rings is 1. The lowest BCUT2D eigenvalue weighted by molar-refractivity contribution is 0.182. The minimum Gasteiger partial charge on any atom is -0.350 e. The number of fused-ring (bicyclic) bond motifs is 1. The number of rotatable bonds is 6. The number of piperidine rings is 1. The summed E-state index contributed by atoms with van der Waals surface area (Å²) in [6.07, 6.45) is 5.48. The van der Waals surface area contributed by atoms with Gasteiger partial charge < -0.3 is 15.5 Å². The molecule has 2 amide bonds. The fraction of sp³-hybridized carbons (Fsp3) is 0.214. The van der Waals surface area contributed by atoms with Gasteiger partial charge in [-0.1, -0.05) is 30.3 Å². The van der Waals surface area contributed by atoms with Gasteiger partial charge in [-0.15, -0.1) is 11.3 Å². The molecule has 192 valence electrons. The number of nitrogens with zero attached hydrogens (tertiary/aromatic N) is 5. The number of benzene rings is 2. The molecule has 1 saturated heterocycles. The molecule has 0 radical (unpaired) electrons. The second-order valence-corrected chi connectivity index (χ2v) is 10.1. The summed E-state index contributed by atoms with van der Waals surface area (Å²) < 4.78 is 15.6. The Morgan fingerprint density at radius 1 is 1.08 bits per heavy atom. The highest BCUT2D eigenvalue weighted by Gasteiger charge is 2.25. The van der Waals surface area contributed by atoms with Gasteiger partial charge in [0.1, 0.15) is 11.5 Å². The van der Waals surface area contributed by atoms with Crippen LogP contribution in [-0.4, -0.2) is 49.4 Å². The average molecular weight is 528 g/mol. The van der Waals surface area contributed by atoms with Crippen LogP contribution >= 0.6 is 11.3 Å². The van der Waals surface area contributed by atoms with Crippen molar-refractivity contribution >= 4 is 28.3 Å². The number of hydrogen-bond donors (Lipinski definition) is 2. The fourth-order valence-electron chi connectivity index (χ4n) is 4.75. The third-order valence-corrected chi connectivity index (χ3v) is 7.36. The molecule has 0 aliphatic carbocycles. The quantitative estimate of drug-likeness (QED) is 0.307. The molecule has 1 aliphatic heterocycles. The Labute approximate surface area is 223 Å². The number of amides is 2. The van der Waals surface area contributed by atoms with Crippen LogP contribution in [0.25, 0.3) is 27.6 Å². The van der Waals surface area contributed by atoms with E-state index in [0.717, 1.165) is 40.3 Å². The maximum atomic E-state index is 13.6. The second-order valence-electron chi connectivity index (χ2n) is 9.21. The Morgan fingerprint density at radius 2 is 1.92 bits per heavy atom. The molecule has 6 rings (SSSR count). The zero-order valence-corrected chi connectivity index (χ0v) is 21.4. The lowest BCUT2D eigenvalue weighted by atomic mass is 10.1. The number of anilines is 1. The molecular formula is C28H26FN7OS. The van der Waals surface area contributed by atoms with Gasteiger partial charge in [0.05, 0.1) is 11.4 Å². The molecule has 0 saturated carbocycles. The van der Waals surface area contributed by atoms with E-state index in [-0.39, 0.29) is 17.9 Å². The summed E-state index contributed by atoms with van der Waals surface area (Å²) in [6.45, 7) is 1.78. The second kappa shape index (κ2) is 10.6. The number of likely N-dealkylation sites (tertiary alicyclic amines) is 1. The summed E-state index contributed by atoms with van der Waals surface area (Å²) in [6, 6.07) is 18.0. The molecule has 2 aromatic carbocycles. The smallest absolute Gasteiger partial charge is 0.317 e. The van der Waals surface area contributed by atoms with Crippen LogP contribution in [-0.2, 0) is 6.54 Å². The Balaban J connectivity index is 1.19. The van der Waals surface area contributed by atoms with E-state index >= 15 is 0 Å². The van der Waals surface area contributed by atoms with Gasteiger partial charge in [0.25, 0.3) is 0 Å². The highest BCUT2D eigenvalue weighted by Crippen LogP contribution is 2.33. The SMILES string of the molecule is O=C(NCc1ccccc1)N1CCC[C@@H](Nc2nccc(-c3c(-c4ccc(F)cc4)nc4sccn34)n2)C1. The minimum absolute atomic E-state index is 0.0321. The third kappa shape index (κ3) is 5.08. The highest BCUT2D eigenvalue weighted by atomic mass is 32.1. The van der Waals surface area contributed by atoms with Crippen molar-refractivity contribution in [1.82, 2.24) is 29.6 Å². The minimum atomic E-state index is -0.292. The van der Waals surface area contributed by atoms with E-state index in [9.17, 15) is 9.18 Å². The number of nitrogens with one attached hydrogen (secondary N) is 2. The van der Waals surface area contributed by atoms with E-state index in [0.29, 0.717) is 31.3 Å². The lowest BCUT2D eigenvalue weighted by Crippen LogP contribution is -2.49. The molecule has 1 aliphatic rings. The van der Waals surface area contributed by atoms with E-state index in [4.69, 9.17) is 9.97 Å². The van der Waals surface area contributed by atoms with Crippen molar-refractivity contribution in [2.24, 2.45) is 0 Å². The van der Waals surface area contributed by atoms with Crippen molar-refractivity contribution in [3.63, 3.8) is 0 Å². The van der Waals surface area contributed by atoms with Crippen molar-refractivity contribution in [2.45, 2.75) is 25.4 Å². The first-order chi connectivity index (χ1) is 18.6. The van der Waals surface area contributed by atoms with Crippen molar-refractivity contribution in [1.29, 1.82) is 0 Å². The predicted octanol–water partition coefficient (Wildman–Crippen LogP) is 5.45. The number of thiazole rings is 1. The van der Waals surface area contributed by atoms with Crippen LogP contribution in [0.4, 0.5) is 15.1 Å². The van der Waals surface area contributed by atoms with Crippen molar-refractivity contribution in [3.05, 3.63) is 89.8 Å². The molecule has 38 heavy (non-hydrogen) atoms. The van der Waals surface area contributed by atoms with Crippen LogP contribution in [0.2, 0.25) is 0 Å². The number of carbonyl (C=O) groups excluding carboxylic acids is 1. The van der Waals surface area contributed by atoms with Crippen molar-refractivity contribution < 1.29 is 9.18 Å². The summed E-state index contributed by atoms with van der Waals surface area (Å²) in [5, 5.41) is 8.42. The Hall–Kier alpha value is -4.31. The number of urea groups is 1.